The lowest BCUT2D eigenvalue weighted by Crippen LogP contribution is -2.37. The SMILES string of the molecule is COc1ccc(Cl)cc1N1CCC(NC(=O)c2ccn(-c3ccccc3)n2)C1. The van der Waals surface area contributed by atoms with Crippen molar-refractivity contribution in [3.05, 3.63) is 71.5 Å². The van der Waals surface area contributed by atoms with Gasteiger partial charge in [-0.15, -0.1) is 0 Å². The van der Waals surface area contributed by atoms with Gasteiger partial charge in [0.2, 0.25) is 0 Å². The van der Waals surface area contributed by atoms with Gasteiger partial charge in [0.25, 0.3) is 5.91 Å². The molecular weight excluding hydrogens is 376 g/mol. The van der Waals surface area contributed by atoms with Crippen LogP contribution in [0.25, 0.3) is 5.69 Å². The van der Waals surface area contributed by atoms with E-state index in [-0.39, 0.29) is 11.9 Å². The number of aromatic nitrogens is 2. The molecule has 2 aromatic carbocycles. The second kappa shape index (κ2) is 7.94. The highest BCUT2D eigenvalue weighted by Crippen LogP contribution is 2.33. The van der Waals surface area contributed by atoms with E-state index in [1.165, 1.54) is 0 Å². The number of rotatable bonds is 5. The first kappa shape index (κ1) is 18.4. The third-order valence-electron chi connectivity index (χ3n) is 4.85. The minimum Gasteiger partial charge on any atom is -0.495 e. The fourth-order valence-electron chi connectivity index (χ4n) is 3.44. The first-order chi connectivity index (χ1) is 13.6. The van der Waals surface area contributed by atoms with Crippen molar-refractivity contribution in [1.29, 1.82) is 0 Å². The van der Waals surface area contributed by atoms with Gasteiger partial charge in [0.15, 0.2) is 5.69 Å². The number of nitrogens with zero attached hydrogens (tertiary/aromatic N) is 3. The summed E-state index contributed by atoms with van der Waals surface area (Å²) in [4.78, 5) is 14.8. The highest BCUT2D eigenvalue weighted by Gasteiger charge is 2.27. The second-order valence-electron chi connectivity index (χ2n) is 6.70. The van der Waals surface area contributed by atoms with E-state index < -0.39 is 0 Å². The lowest BCUT2D eigenvalue weighted by atomic mass is 10.2. The molecular formula is C21H21ClN4O2. The summed E-state index contributed by atoms with van der Waals surface area (Å²) < 4.78 is 7.14. The van der Waals surface area contributed by atoms with Crippen LogP contribution in [0.4, 0.5) is 5.69 Å². The van der Waals surface area contributed by atoms with Crippen LogP contribution in [0.3, 0.4) is 0 Å². The molecule has 1 aliphatic rings. The Balaban J connectivity index is 1.42. The third kappa shape index (κ3) is 3.82. The summed E-state index contributed by atoms with van der Waals surface area (Å²) in [5.74, 6) is 0.609. The number of anilines is 1. The number of benzene rings is 2. The molecule has 7 heteroatoms. The lowest BCUT2D eigenvalue weighted by Gasteiger charge is -2.21. The first-order valence-corrected chi connectivity index (χ1v) is 9.52. The van der Waals surface area contributed by atoms with Gasteiger partial charge < -0.3 is 15.0 Å². The Bertz CT molecular complexity index is 974. The average molecular weight is 397 g/mol. The van der Waals surface area contributed by atoms with Gasteiger partial charge in [0.1, 0.15) is 5.75 Å². The maximum atomic E-state index is 12.6. The maximum Gasteiger partial charge on any atom is 0.272 e. The fourth-order valence-corrected chi connectivity index (χ4v) is 3.60. The summed E-state index contributed by atoms with van der Waals surface area (Å²) in [6.45, 7) is 1.52. The molecule has 1 fully saturated rings. The average Bonchev–Trinajstić information content (AvgIpc) is 3.38. The van der Waals surface area contributed by atoms with Crippen molar-refractivity contribution in [3.63, 3.8) is 0 Å². The molecule has 1 aromatic heterocycles. The van der Waals surface area contributed by atoms with Crippen molar-refractivity contribution in [2.45, 2.75) is 12.5 Å². The van der Waals surface area contributed by atoms with Crippen LogP contribution in [-0.2, 0) is 0 Å². The molecule has 6 nitrogen and oxygen atoms in total. The molecule has 1 saturated heterocycles. The van der Waals surface area contributed by atoms with Crippen LogP contribution in [-0.4, -0.2) is 41.9 Å². The summed E-state index contributed by atoms with van der Waals surface area (Å²) in [5.41, 5.74) is 2.27. The number of carbonyl (C=O) groups excluding carboxylic acids is 1. The standard InChI is InChI=1S/C21H21ClN4O2/c1-28-20-8-7-15(22)13-19(20)25-11-9-16(14-25)23-21(27)18-10-12-26(24-18)17-5-3-2-4-6-17/h2-8,10,12-13,16H,9,11,14H2,1H3,(H,23,27). The number of amides is 1. The number of hydrogen-bond donors (Lipinski definition) is 1. The van der Waals surface area contributed by atoms with Crippen molar-refractivity contribution in [2.24, 2.45) is 0 Å². The van der Waals surface area contributed by atoms with Crippen molar-refractivity contribution in [3.8, 4) is 11.4 Å². The van der Waals surface area contributed by atoms with Gasteiger partial charge in [-0.05, 0) is 42.8 Å². The quantitative estimate of drug-likeness (QED) is 0.716. The summed E-state index contributed by atoms with van der Waals surface area (Å²) in [6, 6.07) is 17.1. The van der Waals surface area contributed by atoms with Crippen molar-refractivity contribution in [2.75, 3.05) is 25.1 Å². The molecule has 0 saturated carbocycles. The van der Waals surface area contributed by atoms with E-state index in [9.17, 15) is 4.79 Å². The van der Waals surface area contributed by atoms with Gasteiger partial charge in [-0.1, -0.05) is 29.8 Å². The summed E-state index contributed by atoms with van der Waals surface area (Å²) >= 11 is 6.14. The van der Waals surface area contributed by atoms with Crippen LogP contribution in [0.5, 0.6) is 5.75 Å². The zero-order valence-corrected chi connectivity index (χ0v) is 16.3. The highest BCUT2D eigenvalue weighted by molar-refractivity contribution is 6.30. The summed E-state index contributed by atoms with van der Waals surface area (Å²) in [5, 5.41) is 8.14. The zero-order chi connectivity index (χ0) is 19.5. The van der Waals surface area contributed by atoms with Crippen LogP contribution in [0.2, 0.25) is 5.02 Å². The number of halogens is 1. The van der Waals surface area contributed by atoms with Crippen LogP contribution in [0.1, 0.15) is 16.9 Å². The molecule has 2 heterocycles. The molecule has 0 bridgehead atoms. The van der Waals surface area contributed by atoms with E-state index in [1.54, 1.807) is 24.1 Å². The Kier molecular flexibility index (Phi) is 5.21. The predicted octanol–water partition coefficient (Wildman–Crippen LogP) is 3.54. The zero-order valence-electron chi connectivity index (χ0n) is 15.5. The molecule has 1 aliphatic heterocycles. The molecule has 28 heavy (non-hydrogen) atoms. The topological polar surface area (TPSA) is 59.4 Å². The first-order valence-electron chi connectivity index (χ1n) is 9.14. The predicted molar refractivity (Wildman–Crippen MR) is 110 cm³/mol. The number of ether oxygens (including phenoxy) is 1. The minimum absolute atomic E-state index is 0.0399. The van der Waals surface area contributed by atoms with Crippen molar-refractivity contribution < 1.29 is 9.53 Å². The summed E-state index contributed by atoms with van der Waals surface area (Å²) in [6.07, 6.45) is 2.64. The Labute approximate surface area is 168 Å². The highest BCUT2D eigenvalue weighted by atomic mass is 35.5. The second-order valence-corrected chi connectivity index (χ2v) is 7.14. The van der Waals surface area contributed by atoms with E-state index in [4.69, 9.17) is 16.3 Å². The molecule has 1 N–H and O–H groups in total. The fraction of sp³-hybridized carbons (Fsp3) is 0.238. The van der Waals surface area contributed by atoms with E-state index >= 15 is 0 Å². The van der Waals surface area contributed by atoms with E-state index in [0.29, 0.717) is 17.3 Å². The summed E-state index contributed by atoms with van der Waals surface area (Å²) in [7, 11) is 1.64. The molecule has 0 radical (unpaired) electrons. The van der Waals surface area contributed by atoms with E-state index in [0.717, 1.165) is 30.1 Å². The molecule has 4 rings (SSSR count). The Hall–Kier alpha value is -2.99. The van der Waals surface area contributed by atoms with Gasteiger partial charge in [-0.25, -0.2) is 4.68 Å². The van der Waals surface area contributed by atoms with Crippen molar-refractivity contribution in [1.82, 2.24) is 15.1 Å². The largest absolute Gasteiger partial charge is 0.495 e. The molecule has 3 aromatic rings. The van der Waals surface area contributed by atoms with Crippen LogP contribution < -0.4 is 15.0 Å². The molecule has 0 spiro atoms. The molecule has 1 atom stereocenters. The Morgan fingerprint density at radius 3 is 2.82 bits per heavy atom. The molecule has 144 valence electrons. The minimum atomic E-state index is -0.167. The molecule has 1 amide bonds. The normalized spacial score (nSPS) is 16.2. The van der Waals surface area contributed by atoms with Crippen LogP contribution in [0.15, 0.2) is 60.8 Å². The third-order valence-corrected chi connectivity index (χ3v) is 5.08. The molecule has 1 unspecified atom stereocenters. The van der Waals surface area contributed by atoms with Gasteiger partial charge in [-0.3, -0.25) is 4.79 Å². The van der Waals surface area contributed by atoms with Gasteiger partial charge >= 0.3 is 0 Å². The Morgan fingerprint density at radius 2 is 2.04 bits per heavy atom. The number of nitrogens with one attached hydrogen (secondary N) is 1. The van der Waals surface area contributed by atoms with Gasteiger partial charge in [-0.2, -0.15) is 5.10 Å². The van der Waals surface area contributed by atoms with E-state index in [2.05, 4.69) is 15.3 Å². The lowest BCUT2D eigenvalue weighted by molar-refractivity contribution is 0.0935. The number of para-hydroxylation sites is 1. The monoisotopic (exact) mass is 396 g/mol. The Morgan fingerprint density at radius 1 is 1.21 bits per heavy atom. The van der Waals surface area contributed by atoms with E-state index in [1.807, 2.05) is 48.5 Å². The smallest absolute Gasteiger partial charge is 0.272 e. The van der Waals surface area contributed by atoms with Crippen LogP contribution in [0, 0.1) is 0 Å². The van der Waals surface area contributed by atoms with Crippen molar-refractivity contribution >= 4 is 23.2 Å². The van der Waals surface area contributed by atoms with Crippen LogP contribution >= 0.6 is 11.6 Å². The maximum absolute atomic E-state index is 12.6. The van der Waals surface area contributed by atoms with Gasteiger partial charge in [0, 0.05) is 30.4 Å². The molecule has 0 aliphatic carbocycles. The number of carbonyl (C=O) groups is 1. The number of hydrogen-bond acceptors (Lipinski definition) is 4. The number of methoxy groups -OCH3 is 1. The van der Waals surface area contributed by atoms with Gasteiger partial charge in [0.05, 0.1) is 18.5 Å².